The molecule has 2 amide bonds. The molecule has 6 nitrogen and oxygen atoms in total. The lowest BCUT2D eigenvalue weighted by atomic mass is 9.74. The van der Waals surface area contributed by atoms with E-state index in [9.17, 15) is 9.59 Å². The number of aromatic nitrogens is 2. The molecule has 0 radical (unpaired) electrons. The minimum absolute atomic E-state index is 0.202. The molecule has 2 N–H and O–H groups in total. The Kier molecular flexibility index (Phi) is 5.90. The predicted molar refractivity (Wildman–Crippen MR) is 134 cm³/mol. The predicted octanol–water partition coefficient (Wildman–Crippen LogP) is 6.17. The van der Waals surface area contributed by atoms with Gasteiger partial charge >= 0.3 is 0 Å². The van der Waals surface area contributed by atoms with Crippen LogP contribution in [0.1, 0.15) is 45.1 Å². The van der Waals surface area contributed by atoms with Crippen molar-refractivity contribution in [2.24, 2.45) is 0 Å². The average molecular weight is 542 g/mol. The molecule has 0 saturated heterocycles. The van der Waals surface area contributed by atoms with Crippen molar-refractivity contribution in [3.63, 3.8) is 0 Å². The summed E-state index contributed by atoms with van der Waals surface area (Å²) in [7, 11) is 0. The summed E-state index contributed by atoms with van der Waals surface area (Å²) in [5.74, 6) is -0.464. The van der Waals surface area contributed by atoms with Gasteiger partial charge in [-0.15, -0.1) is 11.3 Å². The highest BCUT2D eigenvalue weighted by Crippen LogP contribution is 2.41. The SMILES string of the molecule is O=C(Nc1ccc(C2(NC(=O)c3nc4ccc(Br)cc4s3)CCC2)nc1)c1cccc(Cl)c1. The molecule has 0 atom stereocenters. The van der Waals surface area contributed by atoms with Gasteiger partial charge in [-0.3, -0.25) is 14.6 Å². The molecule has 5 rings (SSSR count). The molecule has 4 aromatic rings. The number of hydrogen-bond donors (Lipinski definition) is 2. The van der Waals surface area contributed by atoms with E-state index in [1.165, 1.54) is 11.3 Å². The summed E-state index contributed by atoms with van der Waals surface area (Å²) in [4.78, 5) is 34.5. The number of hydrogen-bond acceptors (Lipinski definition) is 5. The number of halogens is 2. The maximum atomic E-state index is 13.0. The molecule has 2 aromatic carbocycles. The van der Waals surface area contributed by atoms with E-state index in [4.69, 9.17) is 11.6 Å². The van der Waals surface area contributed by atoms with E-state index in [0.29, 0.717) is 21.3 Å². The van der Waals surface area contributed by atoms with Crippen molar-refractivity contribution in [1.29, 1.82) is 0 Å². The second-order valence-electron chi connectivity index (χ2n) is 7.92. The zero-order chi connectivity index (χ0) is 23.0. The van der Waals surface area contributed by atoms with Crippen LogP contribution >= 0.6 is 38.9 Å². The lowest BCUT2D eigenvalue weighted by Gasteiger charge is -2.41. The van der Waals surface area contributed by atoms with Crippen LogP contribution in [0.4, 0.5) is 5.69 Å². The Bertz CT molecular complexity index is 1370. The van der Waals surface area contributed by atoms with E-state index in [2.05, 4.69) is 36.5 Å². The highest BCUT2D eigenvalue weighted by molar-refractivity contribution is 9.10. The third-order valence-corrected chi connectivity index (χ3v) is 7.45. The molecule has 1 aliphatic carbocycles. The van der Waals surface area contributed by atoms with Gasteiger partial charge in [-0.25, -0.2) is 4.98 Å². The highest BCUT2D eigenvalue weighted by atomic mass is 79.9. The zero-order valence-electron chi connectivity index (χ0n) is 17.3. The van der Waals surface area contributed by atoms with Gasteiger partial charge in [0.1, 0.15) is 0 Å². The monoisotopic (exact) mass is 540 g/mol. The van der Waals surface area contributed by atoms with Gasteiger partial charge in [0.25, 0.3) is 11.8 Å². The van der Waals surface area contributed by atoms with E-state index in [0.717, 1.165) is 39.6 Å². The van der Waals surface area contributed by atoms with Crippen LogP contribution in [-0.2, 0) is 5.54 Å². The summed E-state index contributed by atoms with van der Waals surface area (Å²) in [5.41, 5.74) is 2.09. The molecule has 166 valence electrons. The largest absolute Gasteiger partial charge is 0.339 e. The lowest BCUT2D eigenvalue weighted by molar-refractivity contribution is 0.0816. The molecule has 2 aromatic heterocycles. The minimum atomic E-state index is -0.523. The molecule has 1 fully saturated rings. The number of carbonyl (C=O) groups is 2. The van der Waals surface area contributed by atoms with Crippen LogP contribution in [0.15, 0.2) is 65.3 Å². The highest BCUT2D eigenvalue weighted by Gasteiger charge is 2.42. The summed E-state index contributed by atoms with van der Waals surface area (Å²) in [6.45, 7) is 0. The van der Waals surface area contributed by atoms with Crippen molar-refractivity contribution in [3.8, 4) is 0 Å². The van der Waals surface area contributed by atoms with E-state index in [1.807, 2.05) is 24.3 Å². The fourth-order valence-corrected chi connectivity index (χ4v) is 5.43. The van der Waals surface area contributed by atoms with Gasteiger partial charge < -0.3 is 10.6 Å². The normalized spacial score (nSPS) is 14.5. The van der Waals surface area contributed by atoms with Gasteiger partial charge in [0, 0.05) is 15.1 Å². The summed E-state index contributed by atoms with van der Waals surface area (Å²) in [5, 5.41) is 6.92. The first-order chi connectivity index (χ1) is 15.9. The van der Waals surface area contributed by atoms with E-state index in [-0.39, 0.29) is 11.8 Å². The van der Waals surface area contributed by atoms with Crippen LogP contribution in [0.25, 0.3) is 10.2 Å². The van der Waals surface area contributed by atoms with Crippen LogP contribution in [0.3, 0.4) is 0 Å². The van der Waals surface area contributed by atoms with Crippen molar-refractivity contribution in [3.05, 3.63) is 86.6 Å². The van der Waals surface area contributed by atoms with E-state index >= 15 is 0 Å². The molecule has 0 bridgehead atoms. The van der Waals surface area contributed by atoms with Gasteiger partial charge in [-0.2, -0.15) is 0 Å². The Labute approximate surface area is 207 Å². The number of carbonyl (C=O) groups excluding carboxylic acids is 2. The van der Waals surface area contributed by atoms with Crippen molar-refractivity contribution < 1.29 is 9.59 Å². The Morgan fingerprint density at radius 2 is 1.91 bits per heavy atom. The molecule has 0 unspecified atom stereocenters. The molecule has 1 aliphatic rings. The zero-order valence-corrected chi connectivity index (χ0v) is 20.4. The average Bonchev–Trinajstić information content (AvgIpc) is 3.20. The van der Waals surface area contributed by atoms with Crippen molar-refractivity contribution in [2.75, 3.05) is 5.32 Å². The number of amides is 2. The number of anilines is 1. The van der Waals surface area contributed by atoms with Crippen LogP contribution in [0, 0.1) is 0 Å². The number of fused-ring (bicyclic) bond motifs is 1. The van der Waals surface area contributed by atoms with Crippen molar-refractivity contribution >= 4 is 66.6 Å². The number of rotatable bonds is 5. The first-order valence-corrected chi connectivity index (χ1v) is 12.3. The number of benzene rings is 2. The Morgan fingerprint density at radius 1 is 1.06 bits per heavy atom. The quantitative estimate of drug-likeness (QED) is 0.316. The van der Waals surface area contributed by atoms with Crippen LogP contribution < -0.4 is 10.6 Å². The molecule has 0 spiro atoms. The fourth-order valence-electron chi connectivity index (χ4n) is 3.83. The van der Waals surface area contributed by atoms with Crippen molar-refractivity contribution in [1.82, 2.24) is 15.3 Å². The van der Waals surface area contributed by atoms with Gasteiger partial charge in [0.2, 0.25) is 0 Å². The number of pyridine rings is 1. The number of nitrogens with zero attached hydrogens (tertiary/aromatic N) is 2. The summed E-state index contributed by atoms with van der Waals surface area (Å²) in [6, 6.07) is 16.2. The van der Waals surface area contributed by atoms with E-state index in [1.54, 1.807) is 36.5 Å². The Morgan fingerprint density at radius 3 is 2.61 bits per heavy atom. The first-order valence-electron chi connectivity index (χ1n) is 10.3. The molecular weight excluding hydrogens is 524 g/mol. The third-order valence-electron chi connectivity index (χ3n) is 5.70. The van der Waals surface area contributed by atoms with Gasteiger partial charge in [-0.05, 0) is 67.8 Å². The fraction of sp³-hybridized carbons (Fsp3) is 0.167. The second-order valence-corrected chi connectivity index (χ2v) is 10.3. The minimum Gasteiger partial charge on any atom is -0.339 e. The molecule has 33 heavy (non-hydrogen) atoms. The summed E-state index contributed by atoms with van der Waals surface area (Å²) >= 11 is 10.8. The first kappa shape index (κ1) is 22.0. The van der Waals surface area contributed by atoms with E-state index < -0.39 is 5.54 Å². The molecule has 9 heteroatoms. The van der Waals surface area contributed by atoms with Crippen LogP contribution in [-0.4, -0.2) is 21.8 Å². The maximum absolute atomic E-state index is 13.0. The molecular formula is C24H18BrClN4O2S. The maximum Gasteiger partial charge on any atom is 0.281 e. The standard InChI is InChI=1S/C24H18BrClN4O2S/c25-15-5-7-18-19(12-15)33-23(29-18)22(32)30-24(9-2-10-24)20-8-6-17(13-27-20)28-21(31)14-3-1-4-16(26)11-14/h1,3-8,11-13H,2,9-10H2,(H,28,31)(H,30,32). The second kappa shape index (κ2) is 8.85. The van der Waals surface area contributed by atoms with Gasteiger partial charge in [-0.1, -0.05) is 33.6 Å². The molecule has 0 aliphatic heterocycles. The van der Waals surface area contributed by atoms with Gasteiger partial charge in [0.15, 0.2) is 5.01 Å². The third kappa shape index (κ3) is 4.51. The van der Waals surface area contributed by atoms with Crippen LogP contribution in [0.2, 0.25) is 5.02 Å². The van der Waals surface area contributed by atoms with Crippen molar-refractivity contribution in [2.45, 2.75) is 24.8 Å². The molecule has 2 heterocycles. The summed E-state index contributed by atoms with van der Waals surface area (Å²) < 4.78 is 1.91. The number of nitrogens with one attached hydrogen (secondary N) is 2. The Hall–Kier alpha value is -2.81. The lowest BCUT2D eigenvalue weighted by Crippen LogP contribution is -2.51. The van der Waals surface area contributed by atoms with Gasteiger partial charge in [0.05, 0.1) is 33.3 Å². The van der Waals surface area contributed by atoms with Crippen LogP contribution in [0.5, 0.6) is 0 Å². The topological polar surface area (TPSA) is 84.0 Å². The smallest absolute Gasteiger partial charge is 0.281 e. The molecule has 1 saturated carbocycles. The number of thiazole rings is 1. The summed E-state index contributed by atoms with van der Waals surface area (Å²) in [6.07, 6.45) is 4.22. The Balaban J connectivity index is 1.31.